The molecular weight excluding hydrogens is 311 g/mol. The Morgan fingerprint density at radius 2 is 2.00 bits per heavy atom. The first-order chi connectivity index (χ1) is 10.1. The second-order valence-corrected chi connectivity index (χ2v) is 6.03. The molecule has 0 aromatic heterocycles. The van der Waals surface area contributed by atoms with Gasteiger partial charge in [0, 0.05) is 12.1 Å². The SMILES string of the molecule is Nc1cc(C(=O)NCCOC2CCCCC2)cc(Cl)c1Cl. The van der Waals surface area contributed by atoms with Crippen LogP contribution in [0.25, 0.3) is 0 Å². The molecule has 1 fully saturated rings. The van der Waals surface area contributed by atoms with Crippen LogP contribution in [0.4, 0.5) is 5.69 Å². The summed E-state index contributed by atoms with van der Waals surface area (Å²) in [5.74, 6) is -0.229. The van der Waals surface area contributed by atoms with Gasteiger partial charge in [0.25, 0.3) is 5.91 Å². The number of nitrogens with two attached hydrogens (primary N) is 1. The van der Waals surface area contributed by atoms with E-state index in [0.29, 0.717) is 30.5 Å². The Bertz CT molecular complexity index is 479. The maximum Gasteiger partial charge on any atom is 0.251 e. The third kappa shape index (κ3) is 4.77. The molecule has 0 saturated heterocycles. The first kappa shape index (κ1) is 16.4. The summed E-state index contributed by atoms with van der Waals surface area (Å²) in [5.41, 5.74) is 6.39. The van der Waals surface area contributed by atoms with E-state index < -0.39 is 0 Å². The largest absolute Gasteiger partial charge is 0.397 e. The van der Waals surface area contributed by atoms with Crippen LogP contribution in [-0.2, 0) is 4.74 Å². The third-order valence-corrected chi connectivity index (χ3v) is 4.43. The van der Waals surface area contributed by atoms with Crippen molar-refractivity contribution in [3.8, 4) is 0 Å². The van der Waals surface area contributed by atoms with Crippen molar-refractivity contribution in [2.24, 2.45) is 0 Å². The Balaban J connectivity index is 1.76. The molecule has 1 aromatic rings. The lowest BCUT2D eigenvalue weighted by atomic mass is 9.98. The van der Waals surface area contributed by atoms with Gasteiger partial charge in [0.15, 0.2) is 0 Å². The number of nitrogen functional groups attached to an aromatic ring is 1. The molecule has 3 N–H and O–H groups in total. The van der Waals surface area contributed by atoms with E-state index in [-0.39, 0.29) is 16.0 Å². The van der Waals surface area contributed by atoms with E-state index in [9.17, 15) is 4.79 Å². The van der Waals surface area contributed by atoms with Gasteiger partial charge >= 0.3 is 0 Å². The minimum Gasteiger partial charge on any atom is -0.397 e. The highest BCUT2D eigenvalue weighted by molar-refractivity contribution is 6.43. The lowest BCUT2D eigenvalue weighted by Crippen LogP contribution is -2.29. The second kappa shape index (κ2) is 7.87. The average Bonchev–Trinajstić information content (AvgIpc) is 2.49. The Labute approximate surface area is 134 Å². The van der Waals surface area contributed by atoms with Crippen LogP contribution in [0, 0.1) is 0 Å². The van der Waals surface area contributed by atoms with Crippen molar-refractivity contribution in [2.75, 3.05) is 18.9 Å². The summed E-state index contributed by atoms with van der Waals surface area (Å²) in [6.07, 6.45) is 6.36. The number of halogens is 2. The van der Waals surface area contributed by atoms with Crippen LogP contribution in [0.1, 0.15) is 42.5 Å². The molecule has 0 spiro atoms. The maximum atomic E-state index is 12.0. The van der Waals surface area contributed by atoms with Crippen LogP contribution >= 0.6 is 23.2 Å². The van der Waals surface area contributed by atoms with Crippen molar-refractivity contribution < 1.29 is 9.53 Å². The summed E-state index contributed by atoms with van der Waals surface area (Å²) in [4.78, 5) is 12.0. The molecule has 0 atom stereocenters. The lowest BCUT2D eigenvalue weighted by Gasteiger charge is -2.22. The molecule has 0 radical (unpaired) electrons. The Morgan fingerprint density at radius 1 is 1.29 bits per heavy atom. The average molecular weight is 331 g/mol. The summed E-state index contributed by atoms with van der Waals surface area (Å²) in [5, 5.41) is 3.34. The van der Waals surface area contributed by atoms with Crippen LogP contribution in [0.2, 0.25) is 10.0 Å². The molecule has 21 heavy (non-hydrogen) atoms. The lowest BCUT2D eigenvalue weighted by molar-refractivity contribution is 0.0299. The topological polar surface area (TPSA) is 64.4 Å². The van der Waals surface area contributed by atoms with Crippen LogP contribution < -0.4 is 11.1 Å². The highest BCUT2D eigenvalue weighted by atomic mass is 35.5. The Hall–Kier alpha value is -0.970. The van der Waals surface area contributed by atoms with Gasteiger partial charge in [-0.3, -0.25) is 4.79 Å². The number of carbonyl (C=O) groups is 1. The fraction of sp³-hybridized carbons (Fsp3) is 0.533. The molecular formula is C15H20Cl2N2O2. The highest BCUT2D eigenvalue weighted by Crippen LogP contribution is 2.29. The fourth-order valence-electron chi connectivity index (χ4n) is 2.47. The van der Waals surface area contributed by atoms with Gasteiger partial charge in [-0.25, -0.2) is 0 Å². The minimum absolute atomic E-state index is 0.229. The summed E-state index contributed by atoms with van der Waals surface area (Å²) in [7, 11) is 0. The van der Waals surface area contributed by atoms with Crippen molar-refractivity contribution in [3.05, 3.63) is 27.7 Å². The molecule has 2 rings (SSSR count). The monoisotopic (exact) mass is 330 g/mol. The number of hydrogen-bond donors (Lipinski definition) is 2. The van der Waals surface area contributed by atoms with Crippen molar-refractivity contribution >= 4 is 34.8 Å². The number of benzene rings is 1. The van der Waals surface area contributed by atoms with Crippen LogP contribution in [0.5, 0.6) is 0 Å². The van der Waals surface area contributed by atoms with Gasteiger partial charge in [0.05, 0.1) is 28.4 Å². The molecule has 1 aliphatic rings. The molecule has 0 aliphatic heterocycles. The van der Waals surface area contributed by atoms with Gasteiger partial charge in [-0.1, -0.05) is 42.5 Å². The molecule has 1 saturated carbocycles. The summed E-state index contributed by atoms with van der Waals surface area (Å²) >= 11 is 11.8. The van der Waals surface area contributed by atoms with E-state index in [4.69, 9.17) is 33.7 Å². The smallest absolute Gasteiger partial charge is 0.251 e. The fourth-order valence-corrected chi connectivity index (χ4v) is 2.80. The van der Waals surface area contributed by atoms with E-state index in [1.807, 2.05) is 0 Å². The Morgan fingerprint density at radius 3 is 2.67 bits per heavy atom. The number of amides is 1. The van der Waals surface area contributed by atoms with Gasteiger partial charge in [0.2, 0.25) is 0 Å². The first-order valence-electron chi connectivity index (χ1n) is 7.22. The van der Waals surface area contributed by atoms with Crippen LogP contribution in [0.3, 0.4) is 0 Å². The molecule has 1 aliphatic carbocycles. The van der Waals surface area contributed by atoms with E-state index in [1.54, 1.807) is 0 Å². The Kier molecular flexibility index (Phi) is 6.15. The van der Waals surface area contributed by atoms with E-state index >= 15 is 0 Å². The van der Waals surface area contributed by atoms with Crippen molar-refractivity contribution in [1.29, 1.82) is 0 Å². The second-order valence-electron chi connectivity index (χ2n) is 5.25. The van der Waals surface area contributed by atoms with Gasteiger partial charge in [-0.05, 0) is 25.0 Å². The van der Waals surface area contributed by atoms with Crippen LogP contribution in [-0.4, -0.2) is 25.2 Å². The predicted octanol–water partition coefficient (Wildman–Crippen LogP) is 3.65. The molecule has 1 aromatic carbocycles. The zero-order valence-electron chi connectivity index (χ0n) is 11.8. The molecule has 0 heterocycles. The quantitative estimate of drug-likeness (QED) is 0.639. The summed E-state index contributed by atoms with van der Waals surface area (Å²) in [6, 6.07) is 3.03. The number of hydrogen-bond acceptors (Lipinski definition) is 3. The van der Waals surface area contributed by atoms with Gasteiger partial charge in [0.1, 0.15) is 0 Å². The molecule has 0 bridgehead atoms. The van der Waals surface area contributed by atoms with Crippen molar-refractivity contribution in [2.45, 2.75) is 38.2 Å². The number of anilines is 1. The van der Waals surface area contributed by atoms with Crippen molar-refractivity contribution in [1.82, 2.24) is 5.32 Å². The third-order valence-electron chi connectivity index (χ3n) is 3.61. The highest BCUT2D eigenvalue weighted by Gasteiger charge is 2.14. The molecule has 116 valence electrons. The number of nitrogens with one attached hydrogen (secondary N) is 1. The van der Waals surface area contributed by atoms with Gasteiger partial charge in [-0.15, -0.1) is 0 Å². The summed E-state index contributed by atoms with van der Waals surface area (Å²) in [6.45, 7) is 0.989. The molecule has 6 heteroatoms. The zero-order chi connectivity index (χ0) is 15.2. The standard InChI is InChI=1S/C15H20Cl2N2O2/c16-12-8-10(9-13(18)14(12)17)15(20)19-6-7-21-11-4-2-1-3-5-11/h8-9,11H,1-7,18H2,(H,19,20). The first-order valence-corrected chi connectivity index (χ1v) is 7.98. The van der Waals surface area contributed by atoms with Crippen molar-refractivity contribution in [3.63, 3.8) is 0 Å². The normalized spacial score (nSPS) is 15.9. The molecule has 0 unspecified atom stereocenters. The number of ether oxygens (including phenoxy) is 1. The minimum atomic E-state index is -0.229. The molecule has 4 nitrogen and oxygen atoms in total. The molecule has 1 amide bonds. The van der Waals surface area contributed by atoms with Gasteiger partial charge < -0.3 is 15.8 Å². The maximum absolute atomic E-state index is 12.0. The van der Waals surface area contributed by atoms with E-state index in [0.717, 1.165) is 12.8 Å². The number of carbonyl (C=O) groups excluding carboxylic acids is 1. The predicted molar refractivity (Wildman–Crippen MR) is 86.0 cm³/mol. The van der Waals surface area contributed by atoms with Crippen LogP contribution in [0.15, 0.2) is 12.1 Å². The zero-order valence-corrected chi connectivity index (χ0v) is 13.3. The number of rotatable bonds is 5. The van der Waals surface area contributed by atoms with E-state index in [2.05, 4.69) is 5.32 Å². The van der Waals surface area contributed by atoms with E-state index in [1.165, 1.54) is 31.4 Å². The van der Waals surface area contributed by atoms with Gasteiger partial charge in [-0.2, -0.15) is 0 Å². The summed E-state index contributed by atoms with van der Waals surface area (Å²) < 4.78 is 5.75.